The number of allylic oxidation sites excluding steroid dienone is 2. The summed E-state index contributed by atoms with van der Waals surface area (Å²) in [6.45, 7) is 10.6. The van der Waals surface area contributed by atoms with Crippen LogP contribution in [0.25, 0.3) is 10.8 Å². The maximum Gasteiger partial charge on any atom is 0.169 e. The molecule has 0 radical (unpaired) electrons. The highest BCUT2D eigenvalue weighted by molar-refractivity contribution is 5.96. The molecular formula is C22H28O3. The lowest BCUT2D eigenvalue weighted by atomic mass is 9.73. The normalized spacial score (nSPS) is 15.9. The van der Waals surface area contributed by atoms with Crippen molar-refractivity contribution in [3.63, 3.8) is 0 Å². The summed E-state index contributed by atoms with van der Waals surface area (Å²) in [5, 5.41) is 12.6. The highest BCUT2D eigenvalue weighted by atomic mass is 16.5. The number of aliphatic hydroxyl groups excluding tert-OH is 1. The molecule has 3 nitrogen and oxygen atoms in total. The Hall–Kier alpha value is -2.16. The van der Waals surface area contributed by atoms with E-state index in [0.717, 1.165) is 34.3 Å². The molecule has 1 aliphatic carbocycles. The van der Waals surface area contributed by atoms with Gasteiger partial charge in [-0.1, -0.05) is 13.8 Å². The molecule has 25 heavy (non-hydrogen) atoms. The molecule has 0 saturated carbocycles. The molecule has 0 aliphatic heterocycles. The lowest BCUT2D eigenvalue weighted by Crippen LogP contribution is -2.26. The fourth-order valence-corrected chi connectivity index (χ4v) is 4.02. The van der Waals surface area contributed by atoms with Crippen LogP contribution >= 0.6 is 0 Å². The van der Waals surface area contributed by atoms with Crippen molar-refractivity contribution < 1.29 is 14.6 Å². The number of rotatable bonds is 3. The van der Waals surface area contributed by atoms with E-state index in [9.17, 15) is 5.11 Å². The van der Waals surface area contributed by atoms with Gasteiger partial charge in [-0.3, -0.25) is 0 Å². The minimum absolute atomic E-state index is 0.325. The number of hydrogen-bond acceptors (Lipinski definition) is 3. The summed E-state index contributed by atoms with van der Waals surface area (Å²) in [5.41, 5.74) is 4.43. The summed E-state index contributed by atoms with van der Waals surface area (Å²) >= 11 is 0. The van der Waals surface area contributed by atoms with Crippen molar-refractivity contribution in [1.29, 1.82) is 0 Å². The first kappa shape index (κ1) is 17.7. The zero-order valence-corrected chi connectivity index (χ0v) is 16.3. The molecule has 1 aliphatic rings. The van der Waals surface area contributed by atoms with Gasteiger partial charge in [0, 0.05) is 16.4 Å². The average Bonchev–Trinajstić information content (AvgIpc) is 2.57. The standard InChI is InChI=1S/C22H28O3/c1-12(2)16-10-14-11-17-15(8-9-18(23)22(17,4)5)13(3)19(14)21(25-7)20(16)24-6/h9-12,23H,8H2,1-7H3. The monoisotopic (exact) mass is 340 g/mol. The molecule has 0 spiro atoms. The second kappa shape index (κ2) is 5.98. The van der Waals surface area contributed by atoms with E-state index in [1.807, 2.05) is 6.08 Å². The highest BCUT2D eigenvalue weighted by Crippen LogP contribution is 2.47. The van der Waals surface area contributed by atoms with Crippen LogP contribution in [0.15, 0.2) is 24.0 Å². The van der Waals surface area contributed by atoms with E-state index in [1.54, 1.807) is 14.2 Å². The SMILES string of the molecule is COc1c(C(C)C)cc2cc3c(c(C)c2c1OC)CC=C(O)C3(C)C. The molecule has 0 saturated heterocycles. The Kier molecular flexibility index (Phi) is 4.22. The van der Waals surface area contributed by atoms with Gasteiger partial charge in [-0.15, -0.1) is 0 Å². The molecule has 2 aromatic carbocycles. The third kappa shape index (κ3) is 2.48. The number of benzene rings is 2. The number of hydrogen-bond donors (Lipinski definition) is 1. The third-order valence-corrected chi connectivity index (χ3v) is 5.59. The predicted octanol–water partition coefficient (Wildman–Crippen LogP) is 5.56. The summed E-state index contributed by atoms with van der Waals surface area (Å²) in [4.78, 5) is 0. The molecule has 134 valence electrons. The topological polar surface area (TPSA) is 38.7 Å². The molecule has 2 aromatic rings. The van der Waals surface area contributed by atoms with E-state index in [4.69, 9.17) is 9.47 Å². The fourth-order valence-electron chi connectivity index (χ4n) is 4.02. The fraction of sp³-hybridized carbons (Fsp3) is 0.455. The summed E-state index contributed by atoms with van der Waals surface area (Å²) in [5.74, 6) is 2.40. The smallest absolute Gasteiger partial charge is 0.169 e. The van der Waals surface area contributed by atoms with Gasteiger partial charge in [0.05, 0.1) is 20.0 Å². The number of ether oxygens (including phenoxy) is 2. The van der Waals surface area contributed by atoms with Crippen molar-refractivity contribution >= 4 is 10.8 Å². The molecule has 0 atom stereocenters. The first-order valence-corrected chi connectivity index (χ1v) is 8.85. The van der Waals surface area contributed by atoms with Gasteiger partial charge in [-0.05, 0) is 73.4 Å². The summed E-state index contributed by atoms with van der Waals surface area (Å²) in [6, 6.07) is 4.43. The van der Waals surface area contributed by atoms with Gasteiger partial charge in [-0.2, -0.15) is 0 Å². The second-order valence-corrected chi connectivity index (χ2v) is 7.73. The van der Waals surface area contributed by atoms with E-state index in [-0.39, 0.29) is 5.41 Å². The summed E-state index contributed by atoms with van der Waals surface area (Å²) in [6.07, 6.45) is 2.66. The van der Waals surface area contributed by atoms with E-state index >= 15 is 0 Å². The van der Waals surface area contributed by atoms with Crippen molar-refractivity contribution in [3.8, 4) is 11.5 Å². The summed E-state index contributed by atoms with van der Waals surface area (Å²) in [7, 11) is 3.41. The number of fused-ring (bicyclic) bond motifs is 2. The molecule has 1 N–H and O–H groups in total. The Morgan fingerprint density at radius 2 is 1.72 bits per heavy atom. The van der Waals surface area contributed by atoms with Crippen LogP contribution in [0.2, 0.25) is 0 Å². The predicted molar refractivity (Wildman–Crippen MR) is 103 cm³/mol. The van der Waals surface area contributed by atoms with E-state index in [0.29, 0.717) is 11.7 Å². The van der Waals surface area contributed by atoms with Crippen LogP contribution in [-0.4, -0.2) is 19.3 Å². The molecule has 0 unspecified atom stereocenters. The Morgan fingerprint density at radius 3 is 2.28 bits per heavy atom. The van der Waals surface area contributed by atoms with Gasteiger partial charge in [-0.25, -0.2) is 0 Å². The van der Waals surface area contributed by atoms with E-state index < -0.39 is 0 Å². The van der Waals surface area contributed by atoms with Gasteiger partial charge in [0.2, 0.25) is 0 Å². The van der Waals surface area contributed by atoms with Crippen molar-refractivity contribution in [2.24, 2.45) is 0 Å². The lowest BCUT2D eigenvalue weighted by Gasteiger charge is -2.33. The van der Waals surface area contributed by atoms with E-state index in [2.05, 4.69) is 46.8 Å². The van der Waals surface area contributed by atoms with Crippen molar-refractivity contribution in [1.82, 2.24) is 0 Å². The molecular weight excluding hydrogens is 312 g/mol. The Morgan fingerprint density at radius 1 is 1.08 bits per heavy atom. The molecule has 0 aromatic heterocycles. The lowest BCUT2D eigenvalue weighted by molar-refractivity contribution is 0.313. The molecule has 0 amide bonds. The van der Waals surface area contributed by atoms with Crippen molar-refractivity contribution in [3.05, 3.63) is 46.2 Å². The average molecular weight is 340 g/mol. The molecule has 0 bridgehead atoms. The largest absolute Gasteiger partial charge is 0.512 e. The molecule has 3 heteroatoms. The zero-order chi connectivity index (χ0) is 18.5. The first-order valence-electron chi connectivity index (χ1n) is 8.85. The third-order valence-electron chi connectivity index (χ3n) is 5.59. The quantitative estimate of drug-likeness (QED) is 0.794. The van der Waals surface area contributed by atoms with Crippen LogP contribution in [-0.2, 0) is 11.8 Å². The number of aryl methyl sites for hydroxylation is 1. The zero-order valence-electron chi connectivity index (χ0n) is 16.3. The van der Waals surface area contributed by atoms with Gasteiger partial charge in [0.25, 0.3) is 0 Å². The highest BCUT2D eigenvalue weighted by Gasteiger charge is 2.33. The van der Waals surface area contributed by atoms with Gasteiger partial charge in [0.1, 0.15) is 0 Å². The van der Waals surface area contributed by atoms with Gasteiger partial charge >= 0.3 is 0 Å². The molecule has 0 fully saturated rings. The Balaban J connectivity index is 2.46. The molecule has 0 heterocycles. The van der Waals surface area contributed by atoms with Gasteiger partial charge in [0.15, 0.2) is 11.5 Å². The minimum atomic E-state index is -0.377. The van der Waals surface area contributed by atoms with Crippen LogP contribution in [0.4, 0.5) is 0 Å². The Labute approximate surface area is 150 Å². The maximum absolute atomic E-state index is 10.4. The number of aliphatic hydroxyl groups is 1. The van der Waals surface area contributed by atoms with E-state index in [1.165, 1.54) is 16.7 Å². The second-order valence-electron chi connectivity index (χ2n) is 7.73. The van der Waals surface area contributed by atoms with Crippen LogP contribution in [0.1, 0.15) is 55.9 Å². The molecule has 3 rings (SSSR count). The minimum Gasteiger partial charge on any atom is -0.512 e. The summed E-state index contributed by atoms with van der Waals surface area (Å²) < 4.78 is 11.5. The van der Waals surface area contributed by atoms with Crippen LogP contribution in [0, 0.1) is 6.92 Å². The van der Waals surface area contributed by atoms with Crippen LogP contribution < -0.4 is 9.47 Å². The van der Waals surface area contributed by atoms with Crippen molar-refractivity contribution in [2.45, 2.75) is 52.4 Å². The first-order chi connectivity index (χ1) is 11.7. The van der Waals surface area contributed by atoms with Crippen LogP contribution in [0.5, 0.6) is 11.5 Å². The van der Waals surface area contributed by atoms with Crippen molar-refractivity contribution in [2.75, 3.05) is 14.2 Å². The number of methoxy groups -OCH3 is 2. The maximum atomic E-state index is 10.4. The van der Waals surface area contributed by atoms with Gasteiger partial charge < -0.3 is 14.6 Å². The van der Waals surface area contributed by atoms with Crippen LogP contribution in [0.3, 0.4) is 0 Å². The Bertz CT molecular complexity index is 873.